The number of amides is 2. The van der Waals surface area contributed by atoms with Crippen LogP contribution in [0.2, 0.25) is 0 Å². The van der Waals surface area contributed by atoms with Crippen LogP contribution >= 0.6 is 31.9 Å². The molecule has 16 heavy (non-hydrogen) atoms. The van der Waals surface area contributed by atoms with E-state index in [2.05, 4.69) is 37.0 Å². The number of primary amides is 1. The van der Waals surface area contributed by atoms with E-state index in [1.165, 1.54) is 6.21 Å². The highest BCUT2D eigenvalue weighted by Gasteiger charge is 2.09. The topological polar surface area (TPSA) is 67.5 Å². The van der Waals surface area contributed by atoms with Crippen molar-refractivity contribution < 1.29 is 9.18 Å². The summed E-state index contributed by atoms with van der Waals surface area (Å²) in [5.41, 5.74) is 7.87. The van der Waals surface area contributed by atoms with Crippen molar-refractivity contribution in [3.05, 3.63) is 33.5 Å². The number of nitrogens with zero attached hydrogens (tertiary/aromatic N) is 1. The Labute approximate surface area is 108 Å². The van der Waals surface area contributed by atoms with Crippen LogP contribution in [0.1, 0.15) is 11.1 Å². The number of nitrogens with two attached hydrogens (primary N) is 1. The smallest absolute Gasteiger partial charge is 0.332 e. The molecule has 3 N–H and O–H groups in total. The van der Waals surface area contributed by atoms with E-state index in [-0.39, 0.29) is 5.82 Å². The van der Waals surface area contributed by atoms with Crippen molar-refractivity contribution in [3.8, 4) is 0 Å². The lowest BCUT2D eigenvalue weighted by atomic mass is 10.1. The molecule has 4 nitrogen and oxygen atoms in total. The number of halogens is 3. The van der Waals surface area contributed by atoms with Gasteiger partial charge in [0.1, 0.15) is 5.82 Å². The van der Waals surface area contributed by atoms with Crippen LogP contribution in [0, 0.1) is 5.82 Å². The maximum Gasteiger partial charge on any atom is 0.332 e. The van der Waals surface area contributed by atoms with Crippen molar-refractivity contribution in [3.63, 3.8) is 0 Å². The maximum atomic E-state index is 13.6. The zero-order chi connectivity index (χ0) is 12.1. The third-order valence-corrected chi connectivity index (χ3v) is 2.92. The normalized spacial score (nSPS) is 10.7. The van der Waals surface area contributed by atoms with Gasteiger partial charge in [-0.2, -0.15) is 5.10 Å². The molecule has 1 aromatic carbocycles. The largest absolute Gasteiger partial charge is 0.350 e. The standard InChI is InChI=1S/C9H8Br2FN3O/c10-3-6-5(4-14-15-9(13)16)1-2-7(11)8(6)12/h1-2,4H,3H2,(H3,13,15,16). The van der Waals surface area contributed by atoms with Gasteiger partial charge in [0.2, 0.25) is 0 Å². The summed E-state index contributed by atoms with van der Waals surface area (Å²) in [6.45, 7) is 0. The Hall–Kier alpha value is -0.950. The Morgan fingerprint density at radius 1 is 1.62 bits per heavy atom. The number of carbonyl (C=O) groups is 1. The fourth-order valence-corrected chi connectivity index (χ4v) is 1.97. The second-order valence-corrected chi connectivity index (χ2v) is 4.21. The molecule has 0 spiro atoms. The number of nitrogens with one attached hydrogen (secondary N) is 1. The molecule has 0 atom stereocenters. The molecule has 0 unspecified atom stereocenters. The SMILES string of the molecule is NC(=O)NN=Cc1ccc(Br)c(F)c1CBr. The number of benzene rings is 1. The van der Waals surface area contributed by atoms with E-state index in [1.807, 2.05) is 5.43 Å². The van der Waals surface area contributed by atoms with Crippen LogP contribution in [0.15, 0.2) is 21.7 Å². The Kier molecular flexibility index (Phi) is 4.88. The highest BCUT2D eigenvalue weighted by atomic mass is 79.9. The first kappa shape index (κ1) is 13.1. The zero-order valence-corrected chi connectivity index (χ0v) is 11.2. The van der Waals surface area contributed by atoms with Gasteiger partial charge in [-0.05, 0) is 22.0 Å². The fourth-order valence-electron chi connectivity index (χ4n) is 1.03. The average Bonchev–Trinajstić information content (AvgIpc) is 2.23. The molecule has 0 bridgehead atoms. The van der Waals surface area contributed by atoms with E-state index >= 15 is 0 Å². The van der Waals surface area contributed by atoms with Crippen LogP contribution < -0.4 is 11.2 Å². The number of hydrazone groups is 1. The molecule has 0 aliphatic carbocycles. The van der Waals surface area contributed by atoms with E-state index in [0.29, 0.717) is 20.9 Å². The zero-order valence-electron chi connectivity index (χ0n) is 8.01. The van der Waals surface area contributed by atoms with Crippen molar-refractivity contribution in [2.75, 3.05) is 0 Å². The second-order valence-electron chi connectivity index (χ2n) is 2.80. The van der Waals surface area contributed by atoms with Gasteiger partial charge in [-0.25, -0.2) is 14.6 Å². The molecule has 0 saturated heterocycles. The van der Waals surface area contributed by atoms with E-state index in [4.69, 9.17) is 5.73 Å². The summed E-state index contributed by atoms with van der Waals surface area (Å²) in [6.07, 6.45) is 1.33. The fraction of sp³-hybridized carbons (Fsp3) is 0.111. The van der Waals surface area contributed by atoms with Crippen molar-refractivity contribution >= 4 is 44.1 Å². The summed E-state index contributed by atoms with van der Waals surface area (Å²) in [4.78, 5) is 10.4. The molecule has 0 aromatic heterocycles. The summed E-state index contributed by atoms with van der Waals surface area (Å²) in [7, 11) is 0. The van der Waals surface area contributed by atoms with Gasteiger partial charge in [-0.1, -0.05) is 22.0 Å². The van der Waals surface area contributed by atoms with Crippen LogP contribution in [-0.4, -0.2) is 12.2 Å². The number of urea groups is 1. The highest BCUT2D eigenvalue weighted by molar-refractivity contribution is 9.10. The minimum atomic E-state index is -0.769. The minimum absolute atomic E-state index is 0.343. The third-order valence-electron chi connectivity index (χ3n) is 1.74. The number of carbonyl (C=O) groups excluding carboxylic acids is 1. The van der Waals surface area contributed by atoms with Gasteiger partial charge in [-0.3, -0.25) is 0 Å². The van der Waals surface area contributed by atoms with Gasteiger partial charge in [-0.15, -0.1) is 0 Å². The van der Waals surface area contributed by atoms with E-state index < -0.39 is 6.03 Å². The van der Waals surface area contributed by atoms with Crippen molar-refractivity contribution in [2.24, 2.45) is 10.8 Å². The molecular formula is C9H8Br2FN3O. The van der Waals surface area contributed by atoms with Crippen LogP contribution in [0.5, 0.6) is 0 Å². The van der Waals surface area contributed by atoms with Gasteiger partial charge in [0.25, 0.3) is 0 Å². The first-order valence-corrected chi connectivity index (χ1v) is 6.09. The summed E-state index contributed by atoms with van der Waals surface area (Å²) in [5.74, 6) is -0.361. The monoisotopic (exact) mass is 351 g/mol. The minimum Gasteiger partial charge on any atom is -0.350 e. The lowest BCUT2D eigenvalue weighted by Crippen LogP contribution is -2.24. The van der Waals surface area contributed by atoms with Gasteiger partial charge < -0.3 is 5.73 Å². The van der Waals surface area contributed by atoms with E-state index in [9.17, 15) is 9.18 Å². The third kappa shape index (κ3) is 3.28. The molecule has 7 heteroatoms. The van der Waals surface area contributed by atoms with Crippen molar-refractivity contribution in [2.45, 2.75) is 5.33 Å². The maximum absolute atomic E-state index is 13.6. The average molecular weight is 353 g/mol. The summed E-state index contributed by atoms with van der Waals surface area (Å²) in [5, 5.41) is 3.91. The molecule has 0 aliphatic heterocycles. The molecule has 2 amide bonds. The van der Waals surface area contributed by atoms with Crippen molar-refractivity contribution in [1.29, 1.82) is 0 Å². The van der Waals surface area contributed by atoms with Crippen molar-refractivity contribution in [1.82, 2.24) is 5.43 Å². The van der Waals surface area contributed by atoms with Crippen LogP contribution in [0.25, 0.3) is 0 Å². The Balaban J connectivity index is 3.00. The number of hydrogen-bond donors (Lipinski definition) is 2. The van der Waals surface area contributed by atoms with Gasteiger partial charge in [0, 0.05) is 16.5 Å². The molecule has 1 rings (SSSR count). The predicted octanol–water partition coefficient (Wildman–Crippen LogP) is 2.49. The van der Waals surface area contributed by atoms with Crippen LogP contribution in [0.3, 0.4) is 0 Å². The first-order valence-electron chi connectivity index (χ1n) is 4.17. The molecule has 0 radical (unpaired) electrons. The lowest BCUT2D eigenvalue weighted by Gasteiger charge is -2.05. The highest BCUT2D eigenvalue weighted by Crippen LogP contribution is 2.23. The lowest BCUT2D eigenvalue weighted by molar-refractivity contribution is 0.249. The Morgan fingerprint density at radius 2 is 2.31 bits per heavy atom. The summed E-state index contributed by atoms with van der Waals surface area (Å²) < 4.78 is 14.0. The molecule has 0 saturated carbocycles. The number of alkyl halides is 1. The summed E-state index contributed by atoms with van der Waals surface area (Å²) in [6, 6.07) is 2.47. The number of rotatable bonds is 3. The van der Waals surface area contributed by atoms with Gasteiger partial charge >= 0.3 is 6.03 Å². The Morgan fingerprint density at radius 3 is 2.88 bits per heavy atom. The molecule has 0 heterocycles. The second kappa shape index (κ2) is 5.95. The van der Waals surface area contributed by atoms with Gasteiger partial charge in [0.15, 0.2) is 0 Å². The predicted molar refractivity (Wildman–Crippen MR) is 67.0 cm³/mol. The molecule has 0 aliphatic rings. The molecule has 86 valence electrons. The van der Waals surface area contributed by atoms with Crippen LogP contribution in [-0.2, 0) is 5.33 Å². The van der Waals surface area contributed by atoms with Gasteiger partial charge in [0.05, 0.1) is 10.7 Å². The molecule has 1 aromatic rings. The molecule has 0 fully saturated rings. The number of hydrogen-bond acceptors (Lipinski definition) is 2. The quantitative estimate of drug-likeness (QED) is 0.490. The van der Waals surface area contributed by atoms with E-state index in [0.717, 1.165) is 0 Å². The Bertz CT molecular complexity index is 437. The first-order chi connectivity index (χ1) is 7.56. The van der Waals surface area contributed by atoms with Crippen LogP contribution in [0.4, 0.5) is 9.18 Å². The summed E-state index contributed by atoms with van der Waals surface area (Å²) >= 11 is 6.26. The van der Waals surface area contributed by atoms with E-state index in [1.54, 1.807) is 12.1 Å². The molecular weight excluding hydrogens is 345 g/mol.